The monoisotopic (exact) mass is 744 g/mol. The highest BCUT2D eigenvalue weighted by atomic mass is 16.5. The van der Waals surface area contributed by atoms with Gasteiger partial charge in [-0.15, -0.1) is 0 Å². The van der Waals surface area contributed by atoms with Crippen LogP contribution in [0, 0.1) is 13.8 Å². The van der Waals surface area contributed by atoms with E-state index < -0.39 is 0 Å². The van der Waals surface area contributed by atoms with Crippen LogP contribution >= 0.6 is 0 Å². The number of rotatable bonds is 4. The number of benzene rings is 6. The van der Waals surface area contributed by atoms with E-state index in [0.717, 1.165) is 32.7 Å². The molecule has 12 bridgehead atoms. The summed E-state index contributed by atoms with van der Waals surface area (Å²) in [7, 11) is 6.41. The van der Waals surface area contributed by atoms with Crippen LogP contribution in [0.3, 0.4) is 0 Å². The van der Waals surface area contributed by atoms with E-state index in [4.69, 9.17) is 18.9 Å². The quantitative estimate of drug-likeness (QED) is 0.180. The fraction of sp³-hybridized carbons (Fsp3) is 0.130. The third kappa shape index (κ3) is 7.72. The normalized spacial score (nSPS) is 10.8. The van der Waals surface area contributed by atoms with Gasteiger partial charge in [-0.2, -0.15) is 0 Å². The fourth-order valence-electron chi connectivity index (χ4n) is 6.57. The minimum absolute atomic E-state index is 0.0486. The number of methoxy groups -OCH3 is 4. The van der Waals surface area contributed by atoms with Crippen molar-refractivity contribution >= 4 is 65.2 Å². The molecule has 0 radical (unpaired) electrons. The first kappa shape index (κ1) is 37.1. The van der Waals surface area contributed by atoms with E-state index >= 15 is 0 Å². The molecule has 0 amide bonds. The van der Waals surface area contributed by atoms with E-state index in [2.05, 4.69) is 19.9 Å². The molecule has 0 unspecified atom stereocenters. The van der Waals surface area contributed by atoms with Gasteiger partial charge in [0.15, 0.2) is 0 Å². The van der Waals surface area contributed by atoms with Crippen LogP contribution in [0.15, 0.2) is 122 Å². The van der Waals surface area contributed by atoms with E-state index in [1.54, 1.807) is 53.2 Å². The number of aromatic nitrogens is 4. The zero-order chi connectivity index (χ0) is 39.3. The summed E-state index contributed by atoms with van der Waals surface area (Å²) >= 11 is 0. The van der Waals surface area contributed by atoms with Crippen molar-refractivity contribution in [1.82, 2.24) is 19.9 Å². The van der Waals surface area contributed by atoms with Crippen molar-refractivity contribution in [3.8, 4) is 34.5 Å². The van der Waals surface area contributed by atoms with Gasteiger partial charge in [-0.05, 0) is 97.8 Å². The predicted octanol–water partition coefficient (Wildman–Crippen LogP) is 10.2. The fourth-order valence-corrected chi connectivity index (χ4v) is 6.57. The average molecular weight is 745 g/mol. The minimum atomic E-state index is 0.0486. The zero-order valence-electron chi connectivity index (χ0n) is 31.9. The molecule has 16 aromatic rings. The van der Waals surface area contributed by atoms with Crippen molar-refractivity contribution in [2.24, 2.45) is 0 Å². The zero-order valence-corrected chi connectivity index (χ0v) is 31.9. The Labute approximate surface area is 323 Å². The summed E-state index contributed by atoms with van der Waals surface area (Å²) in [6, 6.07) is 29.9. The van der Waals surface area contributed by atoms with Crippen molar-refractivity contribution in [1.29, 1.82) is 0 Å². The summed E-state index contributed by atoms with van der Waals surface area (Å²) < 4.78 is 23.2. The summed E-state index contributed by atoms with van der Waals surface area (Å²) in [6.07, 6.45) is 6.49. The maximum Gasteiger partial charge on any atom is 0.133 e. The van der Waals surface area contributed by atoms with Crippen molar-refractivity contribution in [2.45, 2.75) is 13.8 Å². The van der Waals surface area contributed by atoms with Crippen LogP contribution < -0.4 is 18.9 Å². The van der Waals surface area contributed by atoms with Crippen LogP contribution in [0.4, 0.5) is 0 Å². The van der Waals surface area contributed by atoms with Gasteiger partial charge in [0.05, 0.1) is 50.5 Å². The van der Waals surface area contributed by atoms with E-state index in [1.807, 2.05) is 111 Å². The lowest BCUT2D eigenvalue weighted by atomic mass is 10.1. The molecule has 0 saturated heterocycles. The molecule has 0 aliphatic heterocycles. The lowest BCUT2D eigenvalue weighted by Gasteiger charge is -2.08. The SMILES string of the molecule is COc1cc2ccc1c1ccc(cc1OC)ncc1cc(C)cc(cnc3ccc(c(OC)c3)c3ccc(cc3OC)ncc3cc(C)cc(cn2)c3O)c1O. The van der Waals surface area contributed by atoms with Crippen LogP contribution in [0.5, 0.6) is 34.5 Å². The maximum absolute atomic E-state index is 11.3. The van der Waals surface area contributed by atoms with Gasteiger partial charge in [-0.1, -0.05) is 0 Å². The van der Waals surface area contributed by atoms with Gasteiger partial charge < -0.3 is 29.2 Å². The first-order valence-electron chi connectivity index (χ1n) is 17.7. The van der Waals surface area contributed by atoms with Gasteiger partial charge in [-0.3, -0.25) is 19.9 Å². The molecule has 0 spiro atoms. The molecular weight excluding hydrogens is 705 g/mol. The first-order valence-corrected chi connectivity index (χ1v) is 17.7. The van der Waals surface area contributed by atoms with Gasteiger partial charge in [0, 0.05) is 92.1 Å². The molecule has 10 heteroatoms. The standard InChI is InChI=1S/C46H40N4O6/c1-27-15-29-23-47-33-7-11-37(41(19-33)53-3)39-13-9-35(21-43(39)55-5)49-25-31-17-28(2)18-32(46(31)52)26-50-36-10-14-40(44(22-36)56-6)38-12-8-34(20-42(38)54-4)48-24-30(16-27)45(29)51/h7-26,51-52H,1-6H3. The molecule has 0 fully saturated rings. The summed E-state index contributed by atoms with van der Waals surface area (Å²) in [4.78, 5) is 18.7. The number of hydrogen-bond acceptors (Lipinski definition) is 10. The number of aromatic hydroxyl groups is 2. The first-order chi connectivity index (χ1) is 27.2. The van der Waals surface area contributed by atoms with Crippen LogP contribution in [0.1, 0.15) is 11.1 Å². The Bertz CT molecular complexity index is 2540. The number of aryl methyl sites for hydroxylation is 2. The van der Waals surface area contributed by atoms with Gasteiger partial charge in [-0.25, -0.2) is 0 Å². The number of nitrogens with zero attached hydrogens (tertiary/aromatic N) is 4. The molecule has 10 heterocycles. The molecule has 2 N–H and O–H groups in total. The lowest BCUT2D eigenvalue weighted by molar-refractivity contribution is 0.416. The number of ether oxygens (including phenoxy) is 4. The lowest BCUT2D eigenvalue weighted by Crippen LogP contribution is -1.88. The molecule has 56 heavy (non-hydrogen) atoms. The third-order valence-corrected chi connectivity index (χ3v) is 9.36. The van der Waals surface area contributed by atoms with E-state index in [0.29, 0.717) is 66.6 Å². The highest BCUT2D eigenvalue weighted by Gasteiger charge is 2.08. The second kappa shape index (κ2) is 16.0. The number of hydrogen-bond donors (Lipinski definition) is 2. The molecule has 280 valence electrons. The smallest absolute Gasteiger partial charge is 0.133 e. The second-order valence-electron chi connectivity index (χ2n) is 13.2. The highest BCUT2D eigenvalue weighted by Crippen LogP contribution is 2.34. The topological polar surface area (TPSA) is 129 Å². The third-order valence-electron chi connectivity index (χ3n) is 9.36. The molecule has 0 aliphatic carbocycles. The largest absolute Gasteiger partial charge is 0.507 e. The predicted molar refractivity (Wildman–Crippen MR) is 223 cm³/mol. The van der Waals surface area contributed by atoms with Crippen LogP contribution in [-0.4, -0.2) is 58.6 Å². The highest BCUT2D eigenvalue weighted by molar-refractivity contribution is 5.95. The number of phenolic OH excluding ortho intramolecular Hbond substituents is 2. The van der Waals surface area contributed by atoms with Gasteiger partial charge >= 0.3 is 0 Å². The Balaban J connectivity index is 1.53. The summed E-state index contributed by atoms with van der Waals surface area (Å²) in [5.41, 5.74) is 4.37. The summed E-state index contributed by atoms with van der Waals surface area (Å²) in [5.74, 6) is 2.45. The van der Waals surface area contributed by atoms with E-state index in [1.165, 1.54) is 0 Å². The summed E-state index contributed by atoms with van der Waals surface area (Å²) in [6.45, 7) is 3.90. The van der Waals surface area contributed by atoms with Gasteiger partial charge in [0.25, 0.3) is 0 Å². The Morgan fingerprint density at radius 3 is 0.804 bits per heavy atom. The van der Waals surface area contributed by atoms with Crippen LogP contribution in [-0.2, 0) is 0 Å². The van der Waals surface area contributed by atoms with Crippen molar-refractivity contribution < 1.29 is 29.2 Å². The molecule has 0 aliphatic rings. The Morgan fingerprint density at radius 2 is 0.589 bits per heavy atom. The molecular formula is C46H40N4O6. The Hall–Kier alpha value is -7.20. The molecule has 16 rings (SSSR count). The molecule has 0 saturated carbocycles. The van der Waals surface area contributed by atoms with Crippen molar-refractivity contribution in [3.63, 3.8) is 0 Å². The summed E-state index contributed by atoms with van der Waals surface area (Å²) in [5, 5.41) is 27.9. The molecule has 6 aromatic carbocycles. The Morgan fingerprint density at radius 1 is 0.357 bits per heavy atom. The Kier molecular flexibility index (Phi) is 10.6. The van der Waals surface area contributed by atoms with Crippen LogP contribution in [0.2, 0.25) is 0 Å². The molecule has 10 nitrogen and oxygen atoms in total. The second-order valence-corrected chi connectivity index (χ2v) is 13.2. The number of phenols is 2. The van der Waals surface area contributed by atoms with Crippen molar-refractivity contribution in [3.05, 3.63) is 133 Å². The minimum Gasteiger partial charge on any atom is -0.507 e. The molecule has 0 atom stereocenters. The molecule has 10 aromatic heterocycles. The van der Waals surface area contributed by atoms with Gasteiger partial charge in [0.2, 0.25) is 0 Å². The van der Waals surface area contributed by atoms with E-state index in [9.17, 15) is 10.2 Å². The van der Waals surface area contributed by atoms with Crippen LogP contribution in [0.25, 0.3) is 65.2 Å². The van der Waals surface area contributed by atoms with E-state index in [-0.39, 0.29) is 11.5 Å². The maximum atomic E-state index is 11.3. The average Bonchev–Trinajstić information content (AvgIpc) is 3.22. The van der Waals surface area contributed by atoms with Gasteiger partial charge in [0.1, 0.15) is 34.5 Å². The van der Waals surface area contributed by atoms with Crippen molar-refractivity contribution in [2.75, 3.05) is 28.4 Å².